The number of piperazine rings is 1. The second-order valence-corrected chi connectivity index (χ2v) is 7.55. The molecule has 32 heavy (non-hydrogen) atoms. The Hall–Kier alpha value is -4.02. The Bertz CT molecular complexity index is 1380. The van der Waals surface area contributed by atoms with Crippen LogP contribution < -0.4 is 10.5 Å². The molecule has 9 nitrogen and oxygen atoms in total. The third-order valence-corrected chi connectivity index (χ3v) is 5.65. The average Bonchev–Trinajstić information content (AvgIpc) is 3.40. The van der Waals surface area contributed by atoms with Gasteiger partial charge in [-0.2, -0.15) is 5.10 Å². The fraction of sp³-hybridized carbons (Fsp3) is 0.238. The van der Waals surface area contributed by atoms with Crippen LogP contribution in [0.5, 0.6) is 0 Å². The van der Waals surface area contributed by atoms with E-state index in [1.165, 1.54) is 27.5 Å². The van der Waals surface area contributed by atoms with Crippen LogP contribution in [0.25, 0.3) is 11.5 Å². The van der Waals surface area contributed by atoms with Crippen LogP contribution in [-0.4, -0.2) is 61.4 Å². The predicted octanol–water partition coefficient (Wildman–Crippen LogP) is 1.76. The van der Waals surface area contributed by atoms with Crippen LogP contribution in [0.3, 0.4) is 0 Å². The van der Waals surface area contributed by atoms with E-state index < -0.39 is 11.6 Å². The van der Waals surface area contributed by atoms with Gasteiger partial charge < -0.3 is 9.80 Å². The average molecular weight is 439 g/mol. The summed E-state index contributed by atoms with van der Waals surface area (Å²) < 4.78 is 30.1. The van der Waals surface area contributed by atoms with Gasteiger partial charge in [0.15, 0.2) is 0 Å². The normalized spacial score (nSPS) is 14.3. The number of nitrogens with zero attached hydrogens (tertiary/aromatic N) is 6. The predicted molar refractivity (Wildman–Crippen MR) is 112 cm³/mol. The molecule has 3 aromatic heterocycles. The van der Waals surface area contributed by atoms with Gasteiger partial charge in [-0.15, -0.1) is 5.10 Å². The molecule has 164 valence electrons. The fourth-order valence-electron chi connectivity index (χ4n) is 3.92. The molecule has 11 heteroatoms. The Labute approximate surface area is 180 Å². The van der Waals surface area contributed by atoms with Crippen LogP contribution in [0.1, 0.15) is 16.1 Å². The topological polar surface area (TPSA) is 91.5 Å². The van der Waals surface area contributed by atoms with Crippen LogP contribution >= 0.6 is 0 Å². The number of nitrogens with one attached hydrogen (secondary N) is 1. The quantitative estimate of drug-likeness (QED) is 0.525. The molecule has 1 amide bonds. The van der Waals surface area contributed by atoms with Crippen molar-refractivity contribution in [3.63, 3.8) is 0 Å². The molecule has 0 unspecified atom stereocenters. The van der Waals surface area contributed by atoms with Gasteiger partial charge >= 0.3 is 0 Å². The molecule has 0 aliphatic carbocycles. The summed E-state index contributed by atoms with van der Waals surface area (Å²) >= 11 is 0. The van der Waals surface area contributed by atoms with Gasteiger partial charge in [-0.25, -0.2) is 18.0 Å². The lowest BCUT2D eigenvalue weighted by molar-refractivity contribution is 0.0746. The zero-order valence-corrected chi connectivity index (χ0v) is 17.1. The SMILES string of the molecule is Cc1c(C(=O)N2CCN(c3ccc(F)cc3F)CC2)cnn1-c1nn2cccc2c(=O)[nH]1. The molecular formula is C21H19F2N7O2. The molecule has 1 aliphatic rings. The van der Waals surface area contributed by atoms with E-state index in [4.69, 9.17) is 0 Å². The van der Waals surface area contributed by atoms with Gasteiger partial charge in [0.25, 0.3) is 11.5 Å². The molecule has 4 aromatic rings. The molecule has 4 heterocycles. The van der Waals surface area contributed by atoms with Crippen molar-refractivity contribution in [3.05, 3.63) is 76.0 Å². The molecule has 1 aromatic carbocycles. The lowest BCUT2D eigenvalue weighted by atomic mass is 10.2. The number of carbonyl (C=O) groups is 1. The first-order chi connectivity index (χ1) is 15.4. The highest BCUT2D eigenvalue weighted by Gasteiger charge is 2.26. The van der Waals surface area contributed by atoms with E-state index in [-0.39, 0.29) is 17.4 Å². The molecule has 0 radical (unpaired) electrons. The monoisotopic (exact) mass is 439 g/mol. The molecule has 0 saturated carbocycles. The number of anilines is 1. The van der Waals surface area contributed by atoms with E-state index in [0.717, 1.165) is 6.07 Å². The van der Waals surface area contributed by atoms with Gasteiger partial charge in [0.1, 0.15) is 17.2 Å². The molecule has 0 atom stereocenters. The Morgan fingerprint density at radius 1 is 1.12 bits per heavy atom. The van der Waals surface area contributed by atoms with Crippen LogP contribution in [0, 0.1) is 18.6 Å². The number of carbonyl (C=O) groups excluding carboxylic acids is 1. The molecular weight excluding hydrogens is 420 g/mol. The van der Waals surface area contributed by atoms with Gasteiger partial charge in [-0.1, -0.05) is 0 Å². The fourth-order valence-corrected chi connectivity index (χ4v) is 3.92. The van der Waals surface area contributed by atoms with Gasteiger partial charge in [0, 0.05) is 38.4 Å². The van der Waals surface area contributed by atoms with Crippen molar-refractivity contribution in [1.82, 2.24) is 29.3 Å². The minimum Gasteiger partial charge on any atom is -0.366 e. The molecule has 5 rings (SSSR count). The van der Waals surface area contributed by atoms with Crippen LogP contribution in [0.15, 0.2) is 47.5 Å². The van der Waals surface area contributed by atoms with E-state index in [0.29, 0.717) is 48.6 Å². The number of H-pyrrole nitrogens is 1. The van der Waals surface area contributed by atoms with Crippen molar-refractivity contribution >= 4 is 17.1 Å². The summed E-state index contributed by atoms with van der Waals surface area (Å²) in [5.41, 5.74) is 1.34. The van der Waals surface area contributed by atoms with Crippen LogP contribution in [0.4, 0.5) is 14.5 Å². The Kier molecular flexibility index (Phi) is 4.72. The van der Waals surface area contributed by atoms with Crippen molar-refractivity contribution < 1.29 is 13.6 Å². The summed E-state index contributed by atoms with van der Waals surface area (Å²) in [6.45, 7) is 3.32. The summed E-state index contributed by atoms with van der Waals surface area (Å²) in [7, 11) is 0. The molecule has 1 fully saturated rings. The largest absolute Gasteiger partial charge is 0.366 e. The Morgan fingerprint density at radius 2 is 1.91 bits per heavy atom. The van der Waals surface area contributed by atoms with Crippen molar-refractivity contribution in [2.24, 2.45) is 0 Å². The highest BCUT2D eigenvalue weighted by Crippen LogP contribution is 2.22. The van der Waals surface area contributed by atoms with Crippen molar-refractivity contribution in [2.45, 2.75) is 6.92 Å². The first kappa shape index (κ1) is 19.9. The lowest BCUT2D eigenvalue weighted by Crippen LogP contribution is -2.49. The molecule has 1 saturated heterocycles. The van der Waals surface area contributed by atoms with E-state index in [2.05, 4.69) is 15.2 Å². The summed E-state index contributed by atoms with van der Waals surface area (Å²) in [5.74, 6) is -1.26. The number of benzene rings is 1. The Morgan fingerprint density at radius 3 is 2.66 bits per heavy atom. The maximum atomic E-state index is 14.1. The minimum atomic E-state index is -0.626. The van der Waals surface area contributed by atoms with E-state index in [9.17, 15) is 18.4 Å². The number of hydrogen-bond acceptors (Lipinski definition) is 5. The zero-order chi connectivity index (χ0) is 22.4. The van der Waals surface area contributed by atoms with Crippen molar-refractivity contribution in [2.75, 3.05) is 31.1 Å². The number of aromatic amines is 1. The minimum absolute atomic E-state index is 0.201. The van der Waals surface area contributed by atoms with Crippen molar-refractivity contribution in [1.29, 1.82) is 0 Å². The summed E-state index contributed by atoms with van der Waals surface area (Å²) in [5, 5.41) is 8.58. The van der Waals surface area contributed by atoms with Crippen molar-refractivity contribution in [3.8, 4) is 5.95 Å². The number of amides is 1. The van der Waals surface area contributed by atoms with Gasteiger partial charge in [-0.05, 0) is 31.2 Å². The number of rotatable bonds is 3. The molecule has 1 N–H and O–H groups in total. The number of fused-ring (bicyclic) bond motifs is 1. The standard InChI is InChI=1S/C21H19F2N7O2/c1-13-15(12-24-30(13)21-25-19(31)18-3-2-6-29(18)26-21)20(32)28-9-7-27(8-10-28)17-5-4-14(22)11-16(17)23/h2-6,11-12H,7-10H2,1H3,(H,25,26,31). The van der Waals surface area contributed by atoms with Crippen LogP contribution in [0.2, 0.25) is 0 Å². The number of aromatic nitrogens is 5. The van der Waals surface area contributed by atoms with Gasteiger partial charge in [-0.3, -0.25) is 14.6 Å². The molecule has 0 spiro atoms. The first-order valence-corrected chi connectivity index (χ1v) is 10.0. The summed E-state index contributed by atoms with van der Waals surface area (Å²) in [4.78, 5) is 31.5. The highest BCUT2D eigenvalue weighted by atomic mass is 19.1. The smallest absolute Gasteiger partial charge is 0.276 e. The summed E-state index contributed by atoms with van der Waals surface area (Å²) in [6.07, 6.45) is 3.10. The second kappa shape index (κ2) is 7.59. The third kappa shape index (κ3) is 3.31. The third-order valence-electron chi connectivity index (χ3n) is 5.65. The summed E-state index contributed by atoms with van der Waals surface area (Å²) in [6, 6.07) is 6.85. The van der Waals surface area contributed by atoms with E-state index in [1.807, 2.05) is 0 Å². The molecule has 1 aliphatic heterocycles. The number of halogens is 2. The van der Waals surface area contributed by atoms with Gasteiger partial charge in [0.05, 0.1) is 23.1 Å². The molecule has 0 bridgehead atoms. The first-order valence-electron chi connectivity index (χ1n) is 10.0. The van der Waals surface area contributed by atoms with Crippen LogP contribution in [-0.2, 0) is 0 Å². The Balaban J connectivity index is 1.34. The lowest BCUT2D eigenvalue weighted by Gasteiger charge is -2.36. The second-order valence-electron chi connectivity index (χ2n) is 7.55. The zero-order valence-electron chi connectivity index (χ0n) is 17.1. The maximum Gasteiger partial charge on any atom is 0.276 e. The highest BCUT2D eigenvalue weighted by molar-refractivity contribution is 5.95. The van der Waals surface area contributed by atoms with Gasteiger partial charge in [0.2, 0.25) is 5.95 Å². The van der Waals surface area contributed by atoms with E-state index >= 15 is 0 Å². The van der Waals surface area contributed by atoms with E-state index in [1.54, 1.807) is 35.1 Å². The maximum absolute atomic E-state index is 14.1. The number of hydrogen-bond donors (Lipinski definition) is 1.